The smallest absolute Gasteiger partial charge is 0.379 e. The van der Waals surface area contributed by atoms with E-state index in [-0.39, 0.29) is 0 Å². The molecule has 0 spiro atoms. The third-order valence-corrected chi connectivity index (χ3v) is 4.72. The molecule has 0 saturated heterocycles. The van der Waals surface area contributed by atoms with Crippen LogP contribution in [0.2, 0.25) is 0 Å². The number of fused-ring (bicyclic) bond motifs is 1. The first-order valence-corrected chi connectivity index (χ1v) is 9.10. The van der Waals surface area contributed by atoms with Gasteiger partial charge in [0, 0.05) is 29.9 Å². The molecule has 0 aliphatic carbocycles. The van der Waals surface area contributed by atoms with Crippen molar-refractivity contribution < 1.29 is 13.2 Å². The highest BCUT2D eigenvalue weighted by Crippen LogP contribution is 2.32. The summed E-state index contributed by atoms with van der Waals surface area (Å²) in [6.07, 6.45) is -1.00. The van der Waals surface area contributed by atoms with Crippen LogP contribution in [0.3, 0.4) is 0 Å². The van der Waals surface area contributed by atoms with Crippen molar-refractivity contribution in [3.8, 4) is 17.2 Å². The molecule has 0 saturated carbocycles. The van der Waals surface area contributed by atoms with E-state index in [2.05, 4.69) is 15.3 Å². The van der Waals surface area contributed by atoms with Crippen molar-refractivity contribution in [3.05, 3.63) is 89.9 Å². The summed E-state index contributed by atoms with van der Waals surface area (Å²) in [6, 6.07) is 18.2. The number of benzene rings is 2. The van der Waals surface area contributed by atoms with Gasteiger partial charge in [-0.3, -0.25) is 4.98 Å². The van der Waals surface area contributed by atoms with E-state index in [1.165, 1.54) is 12.1 Å². The van der Waals surface area contributed by atoms with Gasteiger partial charge in [0.1, 0.15) is 11.8 Å². The second-order valence-electron chi connectivity index (χ2n) is 6.65. The van der Waals surface area contributed by atoms with Gasteiger partial charge in [0.15, 0.2) is 0 Å². The van der Waals surface area contributed by atoms with Crippen LogP contribution in [0, 0.1) is 11.3 Å². The number of alkyl halides is 3. The normalized spacial score (nSPS) is 11.3. The Bertz CT molecular complexity index is 1220. The number of hydrogen-bond acceptors (Lipinski definition) is 4. The van der Waals surface area contributed by atoms with Crippen LogP contribution in [0.1, 0.15) is 16.8 Å². The van der Waals surface area contributed by atoms with Gasteiger partial charge in [-0.15, -0.1) is 0 Å². The molecule has 0 amide bonds. The summed E-state index contributed by atoms with van der Waals surface area (Å²) in [6.45, 7) is 0.363. The molecule has 2 aromatic carbocycles. The molecule has 0 radical (unpaired) electrons. The van der Waals surface area contributed by atoms with Gasteiger partial charge < -0.3 is 5.32 Å². The molecule has 30 heavy (non-hydrogen) atoms. The van der Waals surface area contributed by atoms with E-state index in [0.29, 0.717) is 12.2 Å². The molecule has 4 aromatic rings. The van der Waals surface area contributed by atoms with E-state index in [1.807, 2.05) is 36.4 Å². The topological polar surface area (TPSA) is 61.6 Å². The number of nitriles is 1. The molecule has 148 valence electrons. The minimum Gasteiger partial charge on any atom is -0.379 e. The summed E-state index contributed by atoms with van der Waals surface area (Å²) in [5, 5.41) is 13.1. The molecule has 0 aliphatic rings. The SMILES string of the molecule is N#Cc1ccc(-c2ccnc3c(NCc4ccc(C(F)(F)F)cc4)cccc23)cn1. The zero-order valence-corrected chi connectivity index (χ0v) is 15.6. The average Bonchev–Trinajstić information content (AvgIpc) is 2.77. The quantitative estimate of drug-likeness (QED) is 0.467. The van der Waals surface area contributed by atoms with E-state index in [4.69, 9.17) is 5.26 Å². The first kappa shape index (κ1) is 19.4. The minimum atomic E-state index is -4.35. The van der Waals surface area contributed by atoms with E-state index < -0.39 is 11.7 Å². The summed E-state index contributed by atoms with van der Waals surface area (Å²) in [5.74, 6) is 0. The highest BCUT2D eigenvalue weighted by atomic mass is 19.4. The molecular formula is C23H15F3N4. The van der Waals surface area contributed by atoms with Crippen LogP contribution in [-0.4, -0.2) is 9.97 Å². The summed E-state index contributed by atoms with van der Waals surface area (Å²) in [5.41, 5.74) is 3.71. The number of anilines is 1. The number of hydrogen-bond donors (Lipinski definition) is 1. The molecule has 0 aliphatic heterocycles. The summed E-state index contributed by atoms with van der Waals surface area (Å²) < 4.78 is 38.2. The predicted octanol–water partition coefficient (Wildman–Crippen LogP) is 5.80. The van der Waals surface area contributed by atoms with E-state index in [9.17, 15) is 13.2 Å². The maximum absolute atomic E-state index is 12.7. The lowest BCUT2D eigenvalue weighted by atomic mass is 10.0. The fourth-order valence-electron chi connectivity index (χ4n) is 3.20. The Morgan fingerprint density at radius 3 is 2.40 bits per heavy atom. The van der Waals surface area contributed by atoms with Crippen LogP contribution in [-0.2, 0) is 12.7 Å². The van der Waals surface area contributed by atoms with Crippen LogP contribution in [0.4, 0.5) is 18.9 Å². The molecule has 2 heterocycles. The van der Waals surface area contributed by atoms with Crippen molar-refractivity contribution in [2.45, 2.75) is 12.7 Å². The minimum absolute atomic E-state index is 0.344. The fraction of sp³-hybridized carbons (Fsp3) is 0.0870. The predicted molar refractivity (Wildman–Crippen MR) is 108 cm³/mol. The molecule has 0 fully saturated rings. The van der Waals surface area contributed by atoms with Gasteiger partial charge in [0.2, 0.25) is 0 Å². The average molecular weight is 404 g/mol. The van der Waals surface area contributed by atoms with E-state index in [1.54, 1.807) is 18.5 Å². The Labute approximate surface area is 170 Å². The summed E-state index contributed by atoms with van der Waals surface area (Å²) >= 11 is 0. The molecule has 0 bridgehead atoms. The Morgan fingerprint density at radius 1 is 0.933 bits per heavy atom. The first-order chi connectivity index (χ1) is 14.5. The number of halogens is 3. The monoisotopic (exact) mass is 404 g/mol. The van der Waals surface area contributed by atoms with Crippen LogP contribution < -0.4 is 5.32 Å². The highest BCUT2D eigenvalue weighted by Gasteiger charge is 2.29. The Morgan fingerprint density at radius 2 is 1.73 bits per heavy atom. The Hall–Kier alpha value is -3.92. The second-order valence-corrected chi connectivity index (χ2v) is 6.65. The highest BCUT2D eigenvalue weighted by molar-refractivity contribution is 6.00. The second kappa shape index (κ2) is 7.84. The van der Waals surface area contributed by atoms with Crippen molar-refractivity contribution in [1.82, 2.24) is 9.97 Å². The molecular weight excluding hydrogens is 389 g/mol. The van der Waals surface area contributed by atoms with E-state index >= 15 is 0 Å². The van der Waals surface area contributed by atoms with Crippen molar-refractivity contribution in [3.63, 3.8) is 0 Å². The first-order valence-electron chi connectivity index (χ1n) is 9.10. The molecule has 1 N–H and O–H groups in total. The number of pyridine rings is 2. The largest absolute Gasteiger partial charge is 0.416 e. The lowest BCUT2D eigenvalue weighted by Gasteiger charge is -2.12. The number of nitrogens with zero attached hydrogens (tertiary/aromatic N) is 3. The van der Waals surface area contributed by atoms with E-state index in [0.717, 1.165) is 45.4 Å². The number of aromatic nitrogens is 2. The zero-order valence-electron chi connectivity index (χ0n) is 15.6. The third-order valence-electron chi connectivity index (χ3n) is 4.72. The lowest BCUT2D eigenvalue weighted by Crippen LogP contribution is -2.06. The zero-order chi connectivity index (χ0) is 21.1. The Balaban J connectivity index is 1.62. The van der Waals surface area contributed by atoms with Gasteiger partial charge in [-0.25, -0.2) is 4.98 Å². The third kappa shape index (κ3) is 3.94. The number of rotatable bonds is 4. The van der Waals surface area contributed by atoms with Crippen molar-refractivity contribution in [2.75, 3.05) is 5.32 Å². The maximum atomic E-state index is 12.7. The molecule has 4 nitrogen and oxygen atoms in total. The lowest BCUT2D eigenvalue weighted by molar-refractivity contribution is -0.137. The summed E-state index contributed by atoms with van der Waals surface area (Å²) in [4.78, 5) is 8.60. The molecule has 2 aromatic heterocycles. The van der Waals surface area contributed by atoms with Gasteiger partial charge in [0.25, 0.3) is 0 Å². The molecule has 0 atom stereocenters. The Kier molecular flexibility index (Phi) is 5.07. The van der Waals surface area contributed by atoms with Gasteiger partial charge in [0.05, 0.1) is 16.8 Å². The van der Waals surface area contributed by atoms with Crippen molar-refractivity contribution >= 4 is 16.6 Å². The van der Waals surface area contributed by atoms with Gasteiger partial charge in [-0.05, 0) is 47.5 Å². The molecule has 7 heteroatoms. The van der Waals surface area contributed by atoms with Gasteiger partial charge >= 0.3 is 6.18 Å². The van der Waals surface area contributed by atoms with Gasteiger partial charge in [-0.1, -0.05) is 24.3 Å². The molecule has 0 unspecified atom stereocenters. The fourth-order valence-corrected chi connectivity index (χ4v) is 3.20. The standard InChI is InChI=1S/C23H15F3N4/c24-23(25,26)17-7-4-15(5-8-17)13-30-21-3-1-2-20-19(10-11-28-22(20)21)16-6-9-18(12-27)29-14-16/h1-11,14,30H,13H2. The number of nitrogens with one attached hydrogen (secondary N) is 1. The maximum Gasteiger partial charge on any atom is 0.416 e. The summed E-state index contributed by atoms with van der Waals surface area (Å²) in [7, 11) is 0. The number of para-hydroxylation sites is 1. The van der Waals surface area contributed by atoms with Crippen molar-refractivity contribution in [2.24, 2.45) is 0 Å². The van der Waals surface area contributed by atoms with Gasteiger partial charge in [-0.2, -0.15) is 18.4 Å². The van der Waals surface area contributed by atoms with Crippen molar-refractivity contribution in [1.29, 1.82) is 5.26 Å². The van der Waals surface area contributed by atoms with Crippen LogP contribution in [0.25, 0.3) is 22.0 Å². The molecule has 4 rings (SSSR count). The van der Waals surface area contributed by atoms with Crippen LogP contribution in [0.5, 0.6) is 0 Å². The van der Waals surface area contributed by atoms with Crippen LogP contribution in [0.15, 0.2) is 73.1 Å². The van der Waals surface area contributed by atoms with Crippen LogP contribution >= 0.6 is 0 Å².